The van der Waals surface area contributed by atoms with Crippen molar-refractivity contribution in [3.8, 4) is 0 Å². The largest absolute Gasteiger partial charge is 0.370 e. The van der Waals surface area contributed by atoms with Crippen LogP contribution in [0.1, 0.15) is 50.5 Å². The van der Waals surface area contributed by atoms with Gasteiger partial charge in [0.1, 0.15) is 0 Å². The molecule has 4 heterocycles. The molecule has 1 spiro atoms. The third kappa shape index (κ3) is 3.12. The van der Waals surface area contributed by atoms with Crippen molar-refractivity contribution >= 4 is 17.2 Å². The van der Waals surface area contributed by atoms with Gasteiger partial charge in [-0.25, -0.2) is 0 Å². The Hall–Kier alpha value is -0.910. The highest BCUT2D eigenvalue weighted by Gasteiger charge is 2.62. The predicted molar refractivity (Wildman–Crippen MR) is 103 cm³/mol. The SMILES string of the molecule is O=C(CC1CCCC1)NC[C@H]1[C@H]2CN(Cc3ccsc3)C[C@]23CC[C@H]1O3. The molecule has 1 aliphatic carbocycles. The normalized spacial score (nSPS) is 36.7. The molecule has 4 aliphatic rings. The first-order valence-electron chi connectivity index (χ1n) is 10.4. The van der Waals surface area contributed by atoms with E-state index in [9.17, 15) is 4.79 Å². The number of carbonyl (C=O) groups excluding carboxylic acids is 1. The lowest BCUT2D eigenvalue weighted by Crippen LogP contribution is -2.42. The first kappa shape index (κ1) is 17.2. The second kappa shape index (κ2) is 6.92. The summed E-state index contributed by atoms with van der Waals surface area (Å²) < 4.78 is 6.52. The molecular weight excluding hydrogens is 344 g/mol. The fraction of sp³-hybridized carbons (Fsp3) is 0.762. The van der Waals surface area contributed by atoms with Crippen LogP contribution in [-0.4, -0.2) is 42.1 Å². The number of nitrogens with one attached hydrogen (secondary N) is 1. The van der Waals surface area contributed by atoms with Crippen LogP contribution in [0.15, 0.2) is 16.8 Å². The highest BCUT2D eigenvalue weighted by atomic mass is 32.1. The van der Waals surface area contributed by atoms with Crippen molar-refractivity contribution in [2.45, 2.75) is 63.2 Å². The molecule has 0 unspecified atom stereocenters. The quantitative estimate of drug-likeness (QED) is 0.829. The van der Waals surface area contributed by atoms with Crippen molar-refractivity contribution in [2.75, 3.05) is 19.6 Å². The molecule has 3 saturated heterocycles. The minimum Gasteiger partial charge on any atom is -0.370 e. The number of amides is 1. The summed E-state index contributed by atoms with van der Waals surface area (Å²) in [6, 6.07) is 2.23. The number of nitrogens with zero attached hydrogens (tertiary/aromatic N) is 1. The predicted octanol–water partition coefficient (Wildman–Crippen LogP) is 3.42. The van der Waals surface area contributed by atoms with Gasteiger partial charge in [-0.05, 0) is 54.0 Å². The summed E-state index contributed by atoms with van der Waals surface area (Å²) in [6.07, 6.45) is 8.58. The van der Waals surface area contributed by atoms with E-state index >= 15 is 0 Å². The molecule has 1 saturated carbocycles. The zero-order chi connectivity index (χ0) is 17.6. The Labute approximate surface area is 160 Å². The van der Waals surface area contributed by atoms with Crippen LogP contribution < -0.4 is 5.32 Å². The van der Waals surface area contributed by atoms with Gasteiger partial charge >= 0.3 is 0 Å². The molecule has 0 aromatic carbocycles. The van der Waals surface area contributed by atoms with Gasteiger partial charge < -0.3 is 10.1 Å². The number of fused-ring (bicyclic) bond motifs is 1. The third-order valence-electron chi connectivity index (χ3n) is 7.32. The first-order valence-corrected chi connectivity index (χ1v) is 11.3. The summed E-state index contributed by atoms with van der Waals surface area (Å²) in [5.41, 5.74) is 1.49. The van der Waals surface area contributed by atoms with Gasteiger partial charge in [-0.1, -0.05) is 12.8 Å². The van der Waals surface area contributed by atoms with E-state index in [1.54, 1.807) is 11.3 Å². The van der Waals surface area contributed by atoms with Crippen molar-refractivity contribution < 1.29 is 9.53 Å². The molecule has 0 radical (unpaired) electrons. The Morgan fingerprint density at radius 3 is 3.04 bits per heavy atom. The maximum atomic E-state index is 12.4. The number of rotatable bonds is 6. The summed E-state index contributed by atoms with van der Waals surface area (Å²) in [6.45, 7) is 4.04. The van der Waals surface area contributed by atoms with Crippen molar-refractivity contribution in [2.24, 2.45) is 17.8 Å². The Morgan fingerprint density at radius 2 is 2.23 bits per heavy atom. The number of carbonyl (C=O) groups is 1. The van der Waals surface area contributed by atoms with Crippen LogP contribution in [0.4, 0.5) is 0 Å². The molecule has 2 bridgehead atoms. The molecule has 5 heteroatoms. The van der Waals surface area contributed by atoms with E-state index in [0.717, 1.165) is 32.6 Å². The Kier molecular flexibility index (Phi) is 4.58. The zero-order valence-electron chi connectivity index (χ0n) is 15.5. The van der Waals surface area contributed by atoms with Crippen LogP contribution in [0.3, 0.4) is 0 Å². The van der Waals surface area contributed by atoms with Gasteiger partial charge in [-0.2, -0.15) is 11.3 Å². The lowest BCUT2D eigenvalue weighted by atomic mass is 9.73. The van der Waals surface area contributed by atoms with E-state index in [1.165, 1.54) is 44.1 Å². The zero-order valence-corrected chi connectivity index (χ0v) is 16.3. The Morgan fingerprint density at radius 1 is 1.35 bits per heavy atom. The van der Waals surface area contributed by atoms with Crippen molar-refractivity contribution in [1.29, 1.82) is 0 Å². The maximum Gasteiger partial charge on any atom is 0.220 e. The highest BCUT2D eigenvalue weighted by Crippen LogP contribution is 2.54. The summed E-state index contributed by atoms with van der Waals surface area (Å²) in [5.74, 6) is 1.99. The summed E-state index contributed by atoms with van der Waals surface area (Å²) in [5, 5.41) is 7.69. The fourth-order valence-corrected chi connectivity index (χ4v) is 6.76. The lowest BCUT2D eigenvalue weighted by Gasteiger charge is -2.29. The van der Waals surface area contributed by atoms with E-state index in [4.69, 9.17) is 4.74 Å². The average molecular weight is 375 g/mol. The Balaban J connectivity index is 1.18. The van der Waals surface area contributed by atoms with E-state index < -0.39 is 0 Å². The molecule has 4 fully saturated rings. The number of hydrogen-bond donors (Lipinski definition) is 1. The monoisotopic (exact) mass is 374 g/mol. The van der Waals surface area contributed by atoms with E-state index in [0.29, 0.717) is 23.9 Å². The van der Waals surface area contributed by atoms with Crippen LogP contribution in [-0.2, 0) is 16.1 Å². The number of hydrogen-bond acceptors (Lipinski definition) is 4. The second-order valence-electron chi connectivity index (χ2n) is 8.99. The van der Waals surface area contributed by atoms with Crippen molar-refractivity contribution in [3.05, 3.63) is 22.4 Å². The van der Waals surface area contributed by atoms with Crippen LogP contribution in [0.2, 0.25) is 0 Å². The van der Waals surface area contributed by atoms with Gasteiger partial charge in [0.2, 0.25) is 5.91 Å². The van der Waals surface area contributed by atoms with Gasteiger partial charge in [-0.3, -0.25) is 9.69 Å². The minimum atomic E-state index is 0.0710. The second-order valence-corrected chi connectivity index (χ2v) is 9.77. The molecule has 5 rings (SSSR count). The summed E-state index contributed by atoms with van der Waals surface area (Å²) in [7, 11) is 0. The first-order chi connectivity index (χ1) is 12.7. The molecule has 1 N–H and O–H groups in total. The van der Waals surface area contributed by atoms with Gasteiger partial charge in [-0.15, -0.1) is 0 Å². The third-order valence-corrected chi connectivity index (χ3v) is 8.06. The van der Waals surface area contributed by atoms with Gasteiger partial charge in [0.25, 0.3) is 0 Å². The number of ether oxygens (including phenoxy) is 1. The van der Waals surface area contributed by atoms with Crippen LogP contribution in [0.5, 0.6) is 0 Å². The highest BCUT2D eigenvalue weighted by molar-refractivity contribution is 7.07. The fourth-order valence-electron chi connectivity index (χ4n) is 6.10. The van der Waals surface area contributed by atoms with Crippen LogP contribution in [0.25, 0.3) is 0 Å². The molecule has 4 atom stereocenters. The minimum absolute atomic E-state index is 0.0710. The molecule has 1 aromatic rings. The average Bonchev–Trinajstić information content (AvgIpc) is 3.40. The van der Waals surface area contributed by atoms with E-state index in [2.05, 4.69) is 27.0 Å². The van der Waals surface area contributed by atoms with Crippen molar-refractivity contribution in [3.63, 3.8) is 0 Å². The standard InChI is InChI=1S/C21H30N2O2S/c24-20(9-15-3-1-2-4-15)22-10-17-18-12-23(11-16-6-8-26-13-16)14-21(18)7-5-19(17)25-21/h6,8,13,15,17-19H,1-5,7,9-12,14H2,(H,22,24)/t17-,18+,19+,21+/m0/s1. The summed E-state index contributed by atoms with van der Waals surface area (Å²) in [4.78, 5) is 14.9. The van der Waals surface area contributed by atoms with Crippen molar-refractivity contribution in [1.82, 2.24) is 10.2 Å². The van der Waals surface area contributed by atoms with Gasteiger partial charge in [0, 0.05) is 44.4 Å². The molecule has 1 amide bonds. The molecule has 3 aliphatic heterocycles. The van der Waals surface area contributed by atoms with Gasteiger partial charge in [0.15, 0.2) is 0 Å². The molecule has 142 valence electrons. The topological polar surface area (TPSA) is 41.6 Å². The lowest BCUT2D eigenvalue weighted by molar-refractivity contribution is -0.122. The smallest absolute Gasteiger partial charge is 0.220 e. The Bertz CT molecular complexity index is 642. The molecule has 26 heavy (non-hydrogen) atoms. The maximum absolute atomic E-state index is 12.4. The van der Waals surface area contributed by atoms with Gasteiger partial charge in [0.05, 0.1) is 11.7 Å². The molecular formula is C21H30N2O2S. The number of thiophene rings is 1. The molecule has 1 aromatic heterocycles. The van der Waals surface area contributed by atoms with Crippen LogP contribution >= 0.6 is 11.3 Å². The van der Waals surface area contributed by atoms with Crippen LogP contribution in [0, 0.1) is 17.8 Å². The van der Waals surface area contributed by atoms with E-state index in [1.807, 2.05) is 0 Å². The number of likely N-dealkylation sites (tertiary alicyclic amines) is 1. The molecule has 4 nitrogen and oxygen atoms in total. The summed E-state index contributed by atoms with van der Waals surface area (Å²) >= 11 is 1.78. The van der Waals surface area contributed by atoms with E-state index in [-0.39, 0.29) is 11.5 Å².